The van der Waals surface area contributed by atoms with Crippen LogP contribution in [0, 0.1) is 5.41 Å². The number of rotatable bonds is 2. The predicted molar refractivity (Wildman–Crippen MR) is 82.0 cm³/mol. The fourth-order valence-corrected chi connectivity index (χ4v) is 3.55. The molecular weight excluding hydrogens is 264 g/mol. The number of ether oxygens (including phenoxy) is 1. The minimum absolute atomic E-state index is 0.163. The zero-order valence-electron chi connectivity index (χ0n) is 12.5. The number of carbonyl (C=O) groups excluding carboxylic acids is 1. The van der Waals surface area contributed by atoms with Gasteiger partial charge in [-0.15, -0.1) is 0 Å². The lowest BCUT2D eigenvalue weighted by molar-refractivity contribution is 0.0405. The summed E-state index contributed by atoms with van der Waals surface area (Å²) in [5.74, 6) is 0. The van der Waals surface area contributed by atoms with Gasteiger partial charge in [-0.2, -0.15) is 0 Å². The quantitative estimate of drug-likeness (QED) is 0.910. The van der Waals surface area contributed by atoms with Crippen molar-refractivity contribution < 1.29 is 9.53 Å². The molecule has 1 amide bonds. The first kappa shape index (κ1) is 14.4. The first-order valence-electron chi connectivity index (χ1n) is 7.94. The van der Waals surface area contributed by atoms with Crippen LogP contribution in [0.3, 0.4) is 0 Å². The predicted octanol–water partition coefficient (Wildman–Crippen LogP) is 2.79. The maximum absolute atomic E-state index is 12.3. The molecule has 1 aromatic rings. The van der Waals surface area contributed by atoms with Gasteiger partial charge < -0.3 is 15.0 Å². The van der Waals surface area contributed by atoms with E-state index in [4.69, 9.17) is 4.74 Å². The molecule has 1 spiro atoms. The Kier molecular flexibility index (Phi) is 4.44. The normalized spacial score (nSPS) is 25.8. The number of hydrogen-bond donors (Lipinski definition) is 1. The summed E-state index contributed by atoms with van der Waals surface area (Å²) in [5, 5.41) is 3.48. The molecule has 1 atom stereocenters. The highest BCUT2D eigenvalue weighted by atomic mass is 16.6. The van der Waals surface area contributed by atoms with Gasteiger partial charge in [-0.25, -0.2) is 4.79 Å². The molecule has 0 aliphatic carbocycles. The van der Waals surface area contributed by atoms with Crippen LogP contribution in [0.5, 0.6) is 0 Å². The lowest BCUT2D eigenvalue weighted by Crippen LogP contribution is -2.52. The lowest BCUT2D eigenvalue weighted by atomic mass is 9.74. The maximum Gasteiger partial charge on any atom is 0.410 e. The van der Waals surface area contributed by atoms with Crippen LogP contribution in [-0.4, -0.2) is 37.2 Å². The van der Waals surface area contributed by atoms with Crippen molar-refractivity contribution in [3.05, 3.63) is 35.9 Å². The van der Waals surface area contributed by atoms with E-state index in [1.807, 2.05) is 35.2 Å². The van der Waals surface area contributed by atoms with Crippen molar-refractivity contribution in [1.82, 2.24) is 10.2 Å². The molecule has 21 heavy (non-hydrogen) atoms. The number of benzene rings is 1. The molecule has 114 valence electrons. The summed E-state index contributed by atoms with van der Waals surface area (Å²) in [5.41, 5.74) is 1.32. The summed E-state index contributed by atoms with van der Waals surface area (Å²) in [4.78, 5) is 14.2. The highest BCUT2D eigenvalue weighted by Crippen LogP contribution is 2.36. The van der Waals surface area contributed by atoms with Crippen LogP contribution in [0.4, 0.5) is 4.79 Å². The molecule has 0 aromatic heterocycles. The maximum atomic E-state index is 12.3. The fraction of sp³-hybridized carbons (Fsp3) is 0.588. The van der Waals surface area contributed by atoms with Crippen LogP contribution < -0.4 is 5.32 Å². The Bertz CT molecular complexity index is 463. The van der Waals surface area contributed by atoms with E-state index < -0.39 is 0 Å². The summed E-state index contributed by atoms with van der Waals surface area (Å²) in [6.07, 6.45) is 4.59. The zero-order valence-corrected chi connectivity index (χ0v) is 12.5. The van der Waals surface area contributed by atoms with E-state index in [0.717, 1.165) is 38.2 Å². The average Bonchev–Trinajstić information content (AvgIpc) is 2.54. The number of likely N-dealkylation sites (tertiary alicyclic amines) is 1. The van der Waals surface area contributed by atoms with Crippen molar-refractivity contribution in [1.29, 1.82) is 0 Å². The van der Waals surface area contributed by atoms with Crippen molar-refractivity contribution in [2.45, 2.75) is 32.3 Å². The summed E-state index contributed by atoms with van der Waals surface area (Å²) in [6, 6.07) is 9.86. The van der Waals surface area contributed by atoms with Crippen LogP contribution in [0.25, 0.3) is 0 Å². The van der Waals surface area contributed by atoms with Gasteiger partial charge in [0, 0.05) is 25.0 Å². The minimum atomic E-state index is -0.163. The Labute approximate surface area is 126 Å². The molecule has 1 aromatic carbocycles. The van der Waals surface area contributed by atoms with Gasteiger partial charge in [0.15, 0.2) is 0 Å². The van der Waals surface area contributed by atoms with Gasteiger partial charge in [-0.1, -0.05) is 30.3 Å². The molecule has 4 heteroatoms. The van der Waals surface area contributed by atoms with Crippen LogP contribution in [0.2, 0.25) is 0 Å². The zero-order chi connectivity index (χ0) is 14.5. The van der Waals surface area contributed by atoms with Gasteiger partial charge in [0.1, 0.15) is 6.61 Å². The summed E-state index contributed by atoms with van der Waals surface area (Å²) < 4.78 is 5.47. The third kappa shape index (κ3) is 3.56. The standard InChI is InChI=1S/C17H24N2O2/c20-16(21-12-15-6-2-1-3-7-15)19-11-5-9-17(14-19)8-4-10-18-13-17/h1-3,6-7,18H,4-5,8-14H2/t17-/m0/s1. The molecule has 0 bridgehead atoms. The molecule has 1 N–H and O–H groups in total. The van der Waals surface area contributed by atoms with E-state index in [1.165, 1.54) is 19.3 Å². The molecule has 2 saturated heterocycles. The molecule has 0 unspecified atom stereocenters. The fourth-order valence-electron chi connectivity index (χ4n) is 3.55. The van der Waals surface area contributed by atoms with E-state index in [2.05, 4.69) is 5.32 Å². The molecule has 3 rings (SSSR count). The van der Waals surface area contributed by atoms with Gasteiger partial charge in [-0.3, -0.25) is 0 Å². The van der Waals surface area contributed by atoms with Crippen molar-refractivity contribution in [2.24, 2.45) is 5.41 Å². The Balaban J connectivity index is 1.54. The number of nitrogens with one attached hydrogen (secondary N) is 1. The number of hydrogen-bond acceptors (Lipinski definition) is 3. The molecule has 4 nitrogen and oxygen atoms in total. The highest BCUT2D eigenvalue weighted by molar-refractivity contribution is 5.67. The smallest absolute Gasteiger partial charge is 0.410 e. The Morgan fingerprint density at radius 1 is 1.24 bits per heavy atom. The van der Waals surface area contributed by atoms with Crippen LogP contribution in [0.15, 0.2) is 30.3 Å². The number of nitrogens with zero attached hydrogens (tertiary/aromatic N) is 1. The van der Waals surface area contributed by atoms with Crippen molar-refractivity contribution >= 4 is 6.09 Å². The average molecular weight is 288 g/mol. The van der Waals surface area contributed by atoms with E-state index in [1.54, 1.807) is 0 Å². The molecule has 0 radical (unpaired) electrons. The van der Waals surface area contributed by atoms with Crippen LogP contribution in [0.1, 0.15) is 31.2 Å². The highest BCUT2D eigenvalue weighted by Gasteiger charge is 2.38. The van der Waals surface area contributed by atoms with Crippen molar-refractivity contribution in [3.63, 3.8) is 0 Å². The molecule has 2 fully saturated rings. The SMILES string of the molecule is O=C(OCc1ccccc1)N1CCC[C@]2(CCCNC2)C1. The van der Waals surface area contributed by atoms with Gasteiger partial charge in [0.2, 0.25) is 0 Å². The first-order chi connectivity index (χ1) is 10.3. The van der Waals surface area contributed by atoms with Gasteiger partial charge >= 0.3 is 6.09 Å². The van der Waals surface area contributed by atoms with Gasteiger partial charge in [-0.05, 0) is 37.8 Å². The summed E-state index contributed by atoms with van der Waals surface area (Å²) in [6.45, 7) is 4.18. The van der Waals surface area contributed by atoms with E-state index in [0.29, 0.717) is 6.61 Å². The summed E-state index contributed by atoms with van der Waals surface area (Å²) >= 11 is 0. The molecule has 0 saturated carbocycles. The second-order valence-corrected chi connectivity index (χ2v) is 6.35. The largest absolute Gasteiger partial charge is 0.445 e. The summed E-state index contributed by atoms with van der Waals surface area (Å²) in [7, 11) is 0. The van der Waals surface area contributed by atoms with E-state index in [-0.39, 0.29) is 11.5 Å². The molecule has 2 aliphatic rings. The van der Waals surface area contributed by atoms with Crippen molar-refractivity contribution in [3.8, 4) is 0 Å². The Morgan fingerprint density at radius 2 is 2.05 bits per heavy atom. The number of carbonyl (C=O) groups is 1. The second-order valence-electron chi connectivity index (χ2n) is 6.35. The van der Waals surface area contributed by atoms with Crippen molar-refractivity contribution in [2.75, 3.05) is 26.2 Å². The first-order valence-corrected chi connectivity index (χ1v) is 7.94. The molecular formula is C17H24N2O2. The van der Waals surface area contributed by atoms with E-state index >= 15 is 0 Å². The monoisotopic (exact) mass is 288 g/mol. The van der Waals surface area contributed by atoms with Crippen LogP contribution in [-0.2, 0) is 11.3 Å². The number of amides is 1. The minimum Gasteiger partial charge on any atom is -0.445 e. The Hall–Kier alpha value is -1.55. The van der Waals surface area contributed by atoms with Crippen LogP contribution >= 0.6 is 0 Å². The third-order valence-corrected chi connectivity index (χ3v) is 4.69. The topological polar surface area (TPSA) is 41.6 Å². The van der Waals surface area contributed by atoms with Gasteiger partial charge in [0.25, 0.3) is 0 Å². The van der Waals surface area contributed by atoms with Gasteiger partial charge in [0.05, 0.1) is 0 Å². The molecule has 2 aliphatic heterocycles. The second kappa shape index (κ2) is 6.48. The Morgan fingerprint density at radius 3 is 2.81 bits per heavy atom. The third-order valence-electron chi connectivity index (χ3n) is 4.69. The lowest BCUT2D eigenvalue weighted by Gasteiger charge is -2.44. The van der Waals surface area contributed by atoms with E-state index in [9.17, 15) is 4.79 Å². The molecule has 2 heterocycles. The number of piperidine rings is 2.